The molecule has 0 saturated carbocycles. The number of ether oxygens (including phenoxy) is 2. The van der Waals surface area contributed by atoms with E-state index in [0.717, 1.165) is 50.3 Å². The van der Waals surface area contributed by atoms with Crippen LogP contribution in [0.1, 0.15) is 38.3 Å². The molecule has 0 aliphatic carbocycles. The second-order valence-corrected chi connectivity index (χ2v) is 6.84. The van der Waals surface area contributed by atoms with Crippen molar-refractivity contribution in [1.82, 2.24) is 14.9 Å². The molecule has 0 spiro atoms. The average Bonchev–Trinajstić information content (AvgIpc) is 3.14. The summed E-state index contributed by atoms with van der Waals surface area (Å²) in [5.41, 5.74) is 0.918. The van der Waals surface area contributed by atoms with Crippen molar-refractivity contribution in [2.45, 2.75) is 51.7 Å². The number of aryl methyl sites for hydroxylation is 1. The topological polar surface area (TPSA) is 88.6 Å². The molecule has 0 bridgehead atoms. The largest absolute Gasteiger partial charge is 0.450 e. The smallest absolute Gasteiger partial charge is 0.409 e. The lowest BCUT2D eigenvalue weighted by atomic mass is 10.1. The molecule has 1 unspecified atom stereocenters. The molecule has 3 heterocycles. The Kier molecular flexibility index (Phi) is 6.49. The standard InChI is InChI=1S/C18H29N5O3/c1-3-25-18(24)23-8-6-14(7-9-23)21-17-20-13(2)11-16(22-17)19-12-15-5-4-10-26-15/h11,14-15H,3-10,12H2,1-2H3,(H2,19,20,21,22). The minimum Gasteiger partial charge on any atom is -0.450 e. The predicted octanol–water partition coefficient (Wildman–Crippen LogP) is 2.41. The molecular formula is C18H29N5O3. The molecule has 2 N–H and O–H groups in total. The monoisotopic (exact) mass is 363 g/mol. The molecule has 1 amide bonds. The molecule has 2 fully saturated rings. The van der Waals surface area contributed by atoms with Gasteiger partial charge in [-0.2, -0.15) is 4.98 Å². The van der Waals surface area contributed by atoms with Gasteiger partial charge >= 0.3 is 6.09 Å². The Morgan fingerprint density at radius 3 is 2.85 bits per heavy atom. The van der Waals surface area contributed by atoms with Crippen LogP contribution in [0, 0.1) is 6.92 Å². The van der Waals surface area contributed by atoms with E-state index >= 15 is 0 Å². The molecule has 1 atom stereocenters. The minimum atomic E-state index is -0.224. The number of likely N-dealkylation sites (tertiary alicyclic amines) is 1. The van der Waals surface area contributed by atoms with Crippen LogP contribution in [0.25, 0.3) is 0 Å². The Bertz CT molecular complexity index is 598. The van der Waals surface area contributed by atoms with E-state index in [1.54, 1.807) is 4.90 Å². The maximum absolute atomic E-state index is 11.8. The molecule has 0 radical (unpaired) electrons. The van der Waals surface area contributed by atoms with Crippen LogP contribution in [0.2, 0.25) is 0 Å². The van der Waals surface area contributed by atoms with Crippen LogP contribution in [0.4, 0.5) is 16.6 Å². The lowest BCUT2D eigenvalue weighted by Crippen LogP contribution is -2.42. The van der Waals surface area contributed by atoms with Gasteiger partial charge in [0.25, 0.3) is 0 Å². The Hall–Kier alpha value is -2.09. The van der Waals surface area contributed by atoms with Crippen molar-refractivity contribution in [3.8, 4) is 0 Å². The van der Waals surface area contributed by atoms with Crippen molar-refractivity contribution in [2.75, 3.05) is 43.5 Å². The van der Waals surface area contributed by atoms with E-state index in [0.29, 0.717) is 25.6 Å². The van der Waals surface area contributed by atoms with Crippen LogP contribution >= 0.6 is 0 Å². The predicted molar refractivity (Wildman–Crippen MR) is 99.5 cm³/mol. The van der Waals surface area contributed by atoms with Gasteiger partial charge in [0.1, 0.15) is 5.82 Å². The second kappa shape index (κ2) is 9.02. The lowest BCUT2D eigenvalue weighted by molar-refractivity contribution is 0.0983. The van der Waals surface area contributed by atoms with Crippen LogP contribution in [0.3, 0.4) is 0 Å². The Morgan fingerprint density at radius 2 is 2.15 bits per heavy atom. The van der Waals surface area contributed by atoms with Crippen molar-refractivity contribution in [2.24, 2.45) is 0 Å². The number of nitrogens with zero attached hydrogens (tertiary/aromatic N) is 3. The molecule has 2 saturated heterocycles. The lowest BCUT2D eigenvalue weighted by Gasteiger charge is -2.31. The van der Waals surface area contributed by atoms with Gasteiger partial charge in [0.15, 0.2) is 0 Å². The van der Waals surface area contributed by atoms with Gasteiger partial charge < -0.3 is 25.0 Å². The number of nitrogens with one attached hydrogen (secondary N) is 2. The fraction of sp³-hybridized carbons (Fsp3) is 0.722. The van der Waals surface area contributed by atoms with Gasteiger partial charge in [-0.25, -0.2) is 9.78 Å². The third kappa shape index (κ3) is 5.20. The van der Waals surface area contributed by atoms with E-state index in [-0.39, 0.29) is 18.2 Å². The van der Waals surface area contributed by atoms with Crippen LogP contribution in [-0.4, -0.2) is 66.0 Å². The first kappa shape index (κ1) is 18.7. The van der Waals surface area contributed by atoms with Crippen molar-refractivity contribution in [1.29, 1.82) is 0 Å². The minimum absolute atomic E-state index is 0.224. The van der Waals surface area contributed by atoms with E-state index in [2.05, 4.69) is 20.6 Å². The summed E-state index contributed by atoms with van der Waals surface area (Å²) in [7, 11) is 0. The molecule has 2 aliphatic rings. The molecule has 2 aliphatic heterocycles. The highest BCUT2D eigenvalue weighted by Gasteiger charge is 2.24. The van der Waals surface area contributed by atoms with Gasteiger partial charge in [-0.05, 0) is 39.5 Å². The highest BCUT2D eigenvalue weighted by Crippen LogP contribution is 2.18. The highest BCUT2D eigenvalue weighted by atomic mass is 16.6. The summed E-state index contributed by atoms with van der Waals surface area (Å²) in [4.78, 5) is 22.6. The number of aromatic nitrogens is 2. The zero-order chi connectivity index (χ0) is 18.4. The molecule has 8 nitrogen and oxygen atoms in total. The first-order valence-corrected chi connectivity index (χ1v) is 9.53. The van der Waals surface area contributed by atoms with Crippen molar-refractivity contribution < 1.29 is 14.3 Å². The second-order valence-electron chi connectivity index (χ2n) is 6.84. The maximum atomic E-state index is 11.8. The van der Waals surface area contributed by atoms with E-state index in [9.17, 15) is 4.79 Å². The van der Waals surface area contributed by atoms with Gasteiger partial charge in [0.05, 0.1) is 12.7 Å². The Morgan fingerprint density at radius 1 is 1.35 bits per heavy atom. The van der Waals surface area contributed by atoms with Crippen molar-refractivity contribution in [3.05, 3.63) is 11.8 Å². The molecule has 3 rings (SSSR count). The molecule has 0 aromatic carbocycles. The van der Waals surface area contributed by atoms with Gasteiger partial charge in [-0.3, -0.25) is 0 Å². The first-order valence-electron chi connectivity index (χ1n) is 9.53. The quantitative estimate of drug-likeness (QED) is 0.802. The van der Waals surface area contributed by atoms with Crippen molar-refractivity contribution >= 4 is 17.9 Å². The van der Waals surface area contributed by atoms with E-state index in [1.165, 1.54) is 0 Å². The molecule has 8 heteroatoms. The highest BCUT2D eigenvalue weighted by molar-refractivity contribution is 5.67. The number of rotatable bonds is 6. The summed E-state index contributed by atoms with van der Waals surface area (Å²) in [5.74, 6) is 1.45. The zero-order valence-electron chi connectivity index (χ0n) is 15.7. The van der Waals surface area contributed by atoms with Gasteiger partial charge in [-0.1, -0.05) is 0 Å². The molecule has 1 aromatic heterocycles. The van der Waals surface area contributed by atoms with Gasteiger partial charge in [0.2, 0.25) is 5.95 Å². The normalized spacial score (nSPS) is 20.8. The van der Waals surface area contributed by atoms with Crippen LogP contribution < -0.4 is 10.6 Å². The zero-order valence-corrected chi connectivity index (χ0v) is 15.7. The fourth-order valence-corrected chi connectivity index (χ4v) is 3.35. The van der Waals surface area contributed by atoms with Gasteiger partial charge in [0, 0.05) is 44.0 Å². The van der Waals surface area contributed by atoms with Crippen LogP contribution in [0.15, 0.2) is 6.07 Å². The number of anilines is 2. The van der Waals surface area contributed by atoms with Crippen molar-refractivity contribution in [3.63, 3.8) is 0 Å². The summed E-state index contributed by atoms with van der Waals surface area (Å²) < 4.78 is 10.7. The molecular weight excluding hydrogens is 334 g/mol. The third-order valence-electron chi connectivity index (χ3n) is 4.74. The number of amides is 1. The summed E-state index contributed by atoms with van der Waals surface area (Å²) in [6.45, 7) is 7.20. The Balaban J connectivity index is 1.50. The van der Waals surface area contributed by atoms with E-state index in [4.69, 9.17) is 9.47 Å². The SMILES string of the molecule is CCOC(=O)N1CCC(Nc2nc(C)cc(NCC3CCCO3)n2)CC1. The van der Waals surface area contributed by atoms with E-state index < -0.39 is 0 Å². The number of carbonyl (C=O) groups excluding carboxylic acids is 1. The average molecular weight is 363 g/mol. The van der Waals surface area contributed by atoms with Crippen LogP contribution in [0.5, 0.6) is 0 Å². The molecule has 1 aromatic rings. The van der Waals surface area contributed by atoms with E-state index in [1.807, 2.05) is 19.9 Å². The summed E-state index contributed by atoms with van der Waals surface area (Å²) in [6, 6.07) is 2.21. The first-order chi connectivity index (χ1) is 12.6. The third-order valence-corrected chi connectivity index (χ3v) is 4.74. The summed E-state index contributed by atoms with van der Waals surface area (Å²) >= 11 is 0. The number of piperidine rings is 1. The Labute approximate surface area is 154 Å². The fourth-order valence-electron chi connectivity index (χ4n) is 3.35. The number of hydrogen-bond acceptors (Lipinski definition) is 7. The molecule has 144 valence electrons. The van der Waals surface area contributed by atoms with Gasteiger partial charge in [-0.15, -0.1) is 0 Å². The number of carbonyl (C=O) groups is 1. The maximum Gasteiger partial charge on any atom is 0.409 e. The summed E-state index contributed by atoms with van der Waals surface area (Å²) in [5, 5.41) is 6.76. The molecule has 26 heavy (non-hydrogen) atoms. The summed E-state index contributed by atoms with van der Waals surface area (Å²) in [6.07, 6.45) is 3.99. The number of hydrogen-bond donors (Lipinski definition) is 2. The van der Waals surface area contributed by atoms with Crippen LogP contribution in [-0.2, 0) is 9.47 Å².